The molecule has 7 rings (SSSR count). The minimum Gasteiger partial charge on any atom is -0.453 e. The van der Waals surface area contributed by atoms with Crippen LogP contribution in [-0.4, -0.2) is 93.4 Å². The summed E-state index contributed by atoms with van der Waals surface area (Å²) in [5.41, 5.74) is 5.18. The monoisotopic (exact) mass is 749 g/mol. The van der Waals surface area contributed by atoms with Gasteiger partial charge in [-0.25, -0.2) is 19.6 Å². The molecule has 290 valence electrons. The van der Waals surface area contributed by atoms with E-state index in [4.69, 9.17) is 24.2 Å². The van der Waals surface area contributed by atoms with Crippen LogP contribution in [0.15, 0.2) is 60.8 Å². The van der Waals surface area contributed by atoms with Crippen molar-refractivity contribution in [3.8, 4) is 22.4 Å². The van der Waals surface area contributed by atoms with Crippen LogP contribution in [0.2, 0.25) is 0 Å². The molecule has 0 radical (unpaired) electrons. The molecular formula is C42H51N7O6. The van der Waals surface area contributed by atoms with E-state index < -0.39 is 17.7 Å². The number of alkyl carbamates (subject to hydrolysis) is 1. The van der Waals surface area contributed by atoms with Crippen molar-refractivity contribution in [3.63, 3.8) is 0 Å². The highest BCUT2D eigenvalue weighted by molar-refractivity contribution is 6.05. The van der Waals surface area contributed by atoms with E-state index in [9.17, 15) is 14.4 Å². The number of aromatic nitrogens is 4. The second-order valence-corrected chi connectivity index (χ2v) is 16.0. The van der Waals surface area contributed by atoms with Gasteiger partial charge in [0.15, 0.2) is 0 Å². The maximum Gasteiger partial charge on any atom is 0.410 e. The highest BCUT2D eigenvalue weighted by atomic mass is 16.6. The Morgan fingerprint density at radius 2 is 1.67 bits per heavy atom. The third-order valence-corrected chi connectivity index (χ3v) is 10.6. The molecule has 2 fully saturated rings. The van der Waals surface area contributed by atoms with Crippen LogP contribution in [0.5, 0.6) is 0 Å². The average Bonchev–Trinajstić information content (AvgIpc) is 3.98. The van der Waals surface area contributed by atoms with Gasteiger partial charge in [0.25, 0.3) is 0 Å². The van der Waals surface area contributed by atoms with Crippen LogP contribution in [0.3, 0.4) is 0 Å². The van der Waals surface area contributed by atoms with Crippen molar-refractivity contribution < 1.29 is 28.6 Å². The van der Waals surface area contributed by atoms with E-state index in [1.165, 1.54) is 7.11 Å². The zero-order chi connectivity index (χ0) is 39.0. The number of nitrogens with zero attached hydrogens (tertiary/aromatic N) is 4. The Hall–Kier alpha value is -5.43. The number of imidazole rings is 2. The van der Waals surface area contributed by atoms with Crippen molar-refractivity contribution in [2.45, 2.75) is 77.6 Å². The molecule has 0 aliphatic carbocycles. The number of aromatic amines is 2. The fraction of sp³-hybridized carbons (Fsp3) is 0.452. The van der Waals surface area contributed by atoms with E-state index in [1.807, 2.05) is 51.8 Å². The molecule has 13 nitrogen and oxygen atoms in total. The number of benzene rings is 3. The molecule has 5 aromatic rings. The van der Waals surface area contributed by atoms with Gasteiger partial charge in [-0.05, 0) is 80.2 Å². The number of hydrogen-bond donors (Lipinski definition) is 3. The van der Waals surface area contributed by atoms with Crippen molar-refractivity contribution >= 4 is 39.9 Å². The smallest absolute Gasteiger partial charge is 0.410 e. The third-order valence-electron chi connectivity index (χ3n) is 10.6. The molecule has 4 atom stereocenters. The molecule has 0 bridgehead atoms. The first-order valence-electron chi connectivity index (χ1n) is 19.0. The Bertz CT molecular complexity index is 2190. The molecule has 0 saturated carbocycles. The number of nitrogens with one attached hydrogen (secondary N) is 3. The molecule has 3 N–H and O–H groups in total. The molecule has 4 heterocycles. The summed E-state index contributed by atoms with van der Waals surface area (Å²) in [6.45, 7) is 11.1. The van der Waals surface area contributed by atoms with E-state index in [1.54, 1.807) is 12.0 Å². The van der Waals surface area contributed by atoms with E-state index >= 15 is 0 Å². The summed E-state index contributed by atoms with van der Waals surface area (Å²) in [5, 5.41) is 4.80. The molecule has 2 aliphatic rings. The second kappa shape index (κ2) is 15.4. The normalized spacial score (nSPS) is 19.4. The maximum absolute atomic E-state index is 13.6. The number of likely N-dealkylation sites (tertiary alicyclic amines) is 2. The third kappa shape index (κ3) is 7.89. The van der Waals surface area contributed by atoms with Crippen molar-refractivity contribution in [2.75, 3.05) is 33.9 Å². The number of carbonyl (C=O) groups excluding carboxylic acids is 3. The largest absolute Gasteiger partial charge is 0.453 e. The molecule has 0 spiro atoms. The van der Waals surface area contributed by atoms with E-state index in [-0.39, 0.29) is 35.9 Å². The Morgan fingerprint density at radius 1 is 0.927 bits per heavy atom. The number of rotatable bonds is 9. The van der Waals surface area contributed by atoms with Crippen LogP contribution in [0, 0.1) is 11.8 Å². The van der Waals surface area contributed by atoms with Crippen molar-refractivity contribution in [1.82, 2.24) is 35.1 Å². The van der Waals surface area contributed by atoms with Gasteiger partial charge in [-0.15, -0.1) is 0 Å². The Kier molecular flexibility index (Phi) is 10.6. The van der Waals surface area contributed by atoms with Gasteiger partial charge < -0.3 is 34.4 Å². The number of amides is 3. The zero-order valence-corrected chi connectivity index (χ0v) is 32.6. The number of methoxy groups -OCH3 is 2. The fourth-order valence-electron chi connectivity index (χ4n) is 7.91. The second-order valence-electron chi connectivity index (χ2n) is 16.0. The molecular weight excluding hydrogens is 699 g/mol. The number of ether oxygens (including phenoxy) is 3. The quantitative estimate of drug-likeness (QED) is 0.138. The van der Waals surface area contributed by atoms with Gasteiger partial charge in [0.2, 0.25) is 5.91 Å². The lowest BCUT2D eigenvalue weighted by atomic mass is 9.99. The van der Waals surface area contributed by atoms with Crippen molar-refractivity contribution in [3.05, 3.63) is 72.4 Å². The van der Waals surface area contributed by atoms with Crippen LogP contribution in [0.4, 0.5) is 9.59 Å². The van der Waals surface area contributed by atoms with E-state index in [0.29, 0.717) is 19.7 Å². The van der Waals surface area contributed by atoms with Gasteiger partial charge in [0.1, 0.15) is 23.3 Å². The molecule has 13 heteroatoms. The molecule has 2 aliphatic heterocycles. The maximum atomic E-state index is 13.6. The van der Waals surface area contributed by atoms with Crippen molar-refractivity contribution in [1.29, 1.82) is 0 Å². The topological polar surface area (TPSA) is 155 Å². The van der Waals surface area contributed by atoms with Crippen LogP contribution in [0.25, 0.3) is 44.2 Å². The number of hydrogen-bond acceptors (Lipinski definition) is 8. The SMILES string of the molecule is COC[C@H]1C[C@@H](c2nc3c(ccc4cc(-c5ccc(-c6cnc(C7CCCN7C(=O)C(NC(=O)OC)C(C)C)[nH]6)cc5)ccc43)[nH]2)N(C(=O)OC(C)(C)C)C1. The summed E-state index contributed by atoms with van der Waals surface area (Å²) in [4.78, 5) is 59.1. The Balaban J connectivity index is 1.08. The Labute approximate surface area is 321 Å². The van der Waals surface area contributed by atoms with E-state index in [0.717, 1.165) is 75.1 Å². The lowest BCUT2D eigenvalue weighted by Gasteiger charge is -2.30. The Morgan fingerprint density at radius 3 is 2.38 bits per heavy atom. The molecule has 2 saturated heterocycles. The summed E-state index contributed by atoms with van der Waals surface area (Å²) >= 11 is 0. The van der Waals surface area contributed by atoms with Crippen LogP contribution in [-0.2, 0) is 19.0 Å². The number of H-pyrrole nitrogens is 2. The number of fused-ring (bicyclic) bond motifs is 3. The zero-order valence-electron chi connectivity index (χ0n) is 32.6. The predicted molar refractivity (Wildman–Crippen MR) is 210 cm³/mol. The summed E-state index contributed by atoms with van der Waals surface area (Å²) in [6, 6.07) is 17.8. The summed E-state index contributed by atoms with van der Waals surface area (Å²) in [6.07, 6.45) is 3.22. The summed E-state index contributed by atoms with van der Waals surface area (Å²) in [5.74, 6) is 1.43. The van der Waals surface area contributed by atoms with Crippen LogP contribution < -0.4 is 5.32 Å². The number of carbonyl (C=O) groups is 3. The minimum absolute atomic E-state index is 0.101. The van der Waals surface area contributed by atoms with Gasteiger partial charge in [-0.3, -0.25) is 9.69 Å². The highest BCUT2D eigenvalue weighted by Gasteiger charge is 2.40. The summed E-state index contributed by atoms with van der Waals surface area (Å²) < 4.78 is 16.0. The van der Waals surface area contributed by atoms with Gasteiger partial charge in [0, 0.05) is 31.5 Å². The predicted octanol–water partition coefficient (Wildman–Crippen LogP) is 7.76. The lowest BCUT2D eigenvalue weighted by molar-refractivity contribution is -0.135. The molecule has 2 aromatic heterocycles. The minimum atomic E-state index is -0.684. The first kappa shape index (κ1) is 37.9. The standard InChI is InChI=1S/C42H51N7O6/c1-24(2)35(47-40(51)54-7)39(50)48-18-8-9-33(48)37-43-21-32(45-37)27-12-10-26(11-13-27)28-14-16-30-29(20-28)15-17-31-36(30)46-38(44-31)34-19-25(23-53-6)22-49(34)41(52)55-42(3,4)5/h10-17,20-21,24-25,33-35H,8-9,18-19,22-23H2,1-7H3,(H,43,45)(H,44,46)(H,47,51)/t25-,33?,34-,35?/m0/s1. The van der Waals surface area contributed by atoms with Gasteiger partial charge >= 0.3 is 12.2 Å². The average molecular weight is 750 g/mol. The van der Waals surface area contributed by atoms with Gasteiger partial charge in [0.05, 0.1) is 48.7 Å². The fourth-order valence-corrected chi connectivity index (χ4v) is 7.91. The van der Waals surface area contributed by atoms with Gasteiger partial charge in [-0.2, -0.15) is 0 Å². The van der Waals surface area contributed by atoms with E-state index in [2.05, 4.69) is 63.8 Å². The molecule has 3 aromatic carbocycles. The molecule has 55 heavy (non-hydrogen) atoms. The first-order valence-corrected chi connectivity index (χ1v) is 19.0. The van der Waals surface area contributed by atoms with Crippen molar-refractivity contribution in [2.24, 2.45) is 11.8 Å². The summed E-state index contributed by atoms with van der Waals surface area (Å²) in [7, 11) is 2.98. The molecule has 2 unspecified atom stereocenters. The lowest BCUT2D eigenvalue weighted by Crippen LogP contribution is -2.51. The molecule has 3 amide bonds. The van der Waals surface area contributed by atoms with Crippen LogP contribution >= 0.6 is 0 Å². The van der Waals surface area contributed by atoms with Gasteiger partial charge in [-0.1, -0.05) is 56.3 Å². The first-order chi connectivity index (χ1) is 26.3. The van der Waals surface area contributed by atoms with Crippen LogP contribution in [0.1, 0.15) is 77.6 Å². The highest BCUT2D eigenvalue weighted by Crippen LogP contribution is 2.38.